The molecule has 2 heterocycles. The fraction of sp³-hybridized carbons (Fsp3) is 0.333. The average molecular weight is 278 g/mol. The topological polar surface area (TPSA) is 88.0 Å². The van der Waals surface area contributed by atoms with Crippen LogP contribution in [0.4, 0.5) is 10.9 Å². The largest absolute Gasteiger partial charge is 0.477 e. The van der Waals surface area contributed by atoms with Crippen molar-refractivity contribution in [3.05, 3.63) is 28.2 Å². The Balaban J connectivity index is 2.36. The van der Waals surface area contributed by atoms with Gasteiger partial charge in [0.2, 0.25) is 0 Å². The number of carbonyl (C=O) groups is 1. The van der Waals surface area contributed by atoms with Crippen LogP contribution in [-0.2, 0) is 6.42 Å². The van der Waals surface area contributed by atoms with Crippen molar-refractivity contribution < 1.29 is 9.90 Å². The van der Waals surface area contributed by atoms with Gasteiger partial charge in [-0.2, -0.15) is 0 Å². The Hall–Kier alpha value is -2.02. The lowest BCUT2D eigenvalue weighted by Crippen LogP contribution is -2.07. The van der Waals surface area contributed by atoms with E-state index >= 15 is 0 Å². The molecule has 6 nitrogen and oxygen atoms in total. The Kier molecular flexibility index (Phi) is 3.75. The van der Waals surface area contributed by atoms with Crippen LogP contribution in [0.5, 0.6) is 0 Å². The molecule has 0 unspecified atom stereocenters. The highest BCUT2D eigenvalue weighted by Crippen LogP contribution is 2.26. The van der Waals surface area contributed by atoms with Gasteiger partial charge in [0.25, 0.3) is 0 Å². The predicted molar refractivity (Wildman–Crippen MR) is 73.2 cm³/mol. The van der Waals surface area contributed by atoms with Crippen molar-refractivity contribution in [1.82, 2.24) is 15.0 Å². The minimum Gasteiger partial charge on any atom is -0.477 e. The Bertz CT molecular complexity index is 624. The van der Waals surface area contributed by atoms with E-state index in [1.165, 1.54) is 17.5 Å². The second-order valence-corrected chi connectivity index (χ2v) is 5.19. The number of anilines is 2. The number of carboxylic acid groups (broad SMARTS) is 1. The standard InChI is InChI=1S/C12H14N4O2S/c1-4-9-6(2)19-12(15-9)16-10-8(11(17)18)5-13-7(3)14-10/h5H,4H2,1-3H3,(H,17,18)(H,13,14,15,16). The fourth-order valence-corrected chi connectivity index (χ4v) is 2.53. The zero-order chi connectivity index (χ0) is 14.0. The maximum atomic E-state index is 11.1. The van der Waals surface area contributed by atoms with E-state index in [1.807, 2.05) is 13.8 Å². The minimum atomic E-state index is -1.06. The molecule has 2 N–H and O–H groups in total. The molecule has 2 aromatic heterocycles. The van der Waals surface area contributed by atoms with Crippen LogP contribution in [0.2, 0.25) is 0 Å². The number of hydrogen-bond acceptors (Lipinski definition) is 6. The summed E-state index contributed by atoms with van der Waals surface area (Å²) in [4.78, 5) is 24.7. The van der Waals surface area contributed by atoms with Crippen LogP contribution in [-0.4, -0.2) is 26.0 Å². The molecule has 0 aliphatic carbocycles. The molecule has 0 spiro atoms. The summed E-state index contributed by atoms with van der Waals surface area (Å²) < 4.78 is 0. The van der Waals surface area contributed by atoms with Crippen LogP contribution < -0.4 is 5.32 Å². The average Bonchev–Trinajstić information content (AvgIpc) is 2.69. The Morgan fingerprint density at radius 3 is 2.74 bits per heavy atom. The second-order valence-electron chi connectivity index (χ2n) is 3.99. The maximum Gasteiger partial charge on any atom is 0.341 e. The lowest BCUT2D eigenvalue weighted by atomic mass is 10.3. The van der Waals surface area contributed by atoms with Gasteiger partial charge in [0.05, 0.1) is 5.69 Å². The van der Waals surface area contributed by atoms with E-state index in [1.54, 1.807) is 6.92 Å². The Morgan fingerprint density at radius 2 is 2.16 bits per heavy atom. The third kappa shape index (κ3) is 2.87. The Labute approximate surface area is 114 Å². The van der Waals surface area contributed by atoms with Crippen molar-refractivity contribution in [3.8, 4) is 0 Å². The molecule has 19 heavy (non-hydrogen) atoms. The zero-order valence-corrected chi connectivity index (χ0v) is 11.7. The number of aromatic nitrogens is 3. The van der Waals surface area contributed by atoms with Gasteiger partial charge in [-0.3, -0.25) is 0 Å². The normalized spacial score (nSPS) is 10.5. The Morgan fingerprint density at radius 1 is 1.42 bits per heavy atom. The van der Waals surface area contributed by atoms with E-state index in [9.17, 15) is 4.79 Å². The van der Waals surface area contributed by atoms with E-state index in [0.717, 1.165) is 17.0 Å². The summed E-state index contributed by atoms with van der Waals surface area (Å²) >= 11 is 1.48. The van der Waals surface area contributed by atoms with Gasteiger partial charge >= 0.3 is 5.97 Å². The van der Waals surface area contributed by atoms with Gasteiger partial charge in [0, 0.05) is 11.1 Å². The quantitative estimate of drug-likeness (QED) is 0.893. The summed E-state index contributed by atoms with van der Waals surface area (Å²) in [7, 11) is 0. The number of aromatic carboxylic acids is 1. The van der Waals surface area contributed by atoms with Gasteiger partial charge in [-0.1, -0.05) is 6.92 Å². The third-order valence-electron chi connectivity index (χ3n) is 2.59. The minimum absolute atomic E-state index is 0.0384. The first-order valence-electron chi connectivity index (χ1n) is 5.81. The first-order chi connectivity index (χ1) is 9.01. The van der Waals surface area contributed by atoms with Crippen LogP contribution in [0.1, 0.15) is 33.7 Å². The van der Waals surface area contributed by atoms with Crippen molar-refractivity contribution in [1.29, 1.82) is 0 Å². The lowest BCUT2D eigenvalue weighted by Gasteiger charge is -2.05. The van der Waals surface area contributed by atoms with E-state index in [0.29, 0.717) is 11.0 Å². The maximum absolute atomic E-state index is 11.1. The molecular weight excluding hydrogens is 264 g/mol. The number of thiazole rings is 1. The van der Waals surface area contributed by atoms with Gasteiger partial charge in [-0.25, -0.2) is 19.7 Å². The summed E-state index contributed by atoms with van der Waals surface area (Å²) in [6.45, 7) is 5.73. The van der Waals surface area contributed by atoms with Crippen molar-refractivity contribution in [2.24, 2.45) is 0 Å². The second kappa shape index (κ2) is 5.31. The molecule has 0 fully saturated rings. The summed E-state index contributed by atoms with van der Waals surface area (Å²) in [6.07, 6.45) is 2.15. The molecule has 100 valence electrons. The number of hydrogen-bond donors (Lipinski definition) is 2. The van der Waals surface area contributed by atoms with Crippen molar-refractivity contribution in [3.63, 3.8) is 0 Å². The van der Waals surface area contributed by atoms with E-state index in [4.69, 9.17) is 5.11 Å². The van der Waals surface area contributed by atoms with E-state index < -0.39 is 5.97 Å². The molecule has 0 amide bonds. The fourth-order valence-electron chi connectivity index (χ4n) is 1.63. The molecular formula is C12H14N4O2S. The summed E-state index contributed by atoms with van der Waals surface area (Å²) in [5.41, 5.74) is 1.05. The van der Waals surface area contributed by atoms with Crippen LogP contribution >= 0.6 is 11.3 Å². The molecule has 7 heteroatoms. The van der Waals surface area contributed by atoms with Crippen molar-refractivity contribution in [2.75, 3.05) is 5.32 Å². The van der Waals surface area contributed by atoms with Gasteiger partial charge in [0.15, 0.2) is 10.9 Å². The molecule has 0 saturated carbocycles. The summed E-state index contributed by atoms with van der Waals surface area (Å²) in [5.74, 6) is -0.278. The molecule has 0 aromatic carbocycles. The monoisotopic (exact) mass is 278 g/mol. The van der Waals surface area contributed by atoms with E-state index in [2.05, 4.69) is 20.3 Å². The van der Waals surface area contributed by atoms with Crippen LogP contribution in [0.3, 0.4) is 0 Å². The van der Waals surface area contributed by atoms with Gasteiger partial charge < -0.3 is 10.4 Å². The highest BCUT2D eigenvalue weighted by Gasteiger charge is 2.15. The first-order valence-corrected chi connectivity index (χ1v) is 6.63. The zero-order valence-electron chi connectivity index (χ0n) is 10.9. The molecule has 0 radical (unpaired) electrons. The summed E-state index contributed by atoms with van der Waals surface area (Å²) in [6, 6.07) is 0. The number of nitrogens with one attached hydrogen (secondary N) is 1. The van der Waals surface area contributed by atoms with Gasteiger partial charge in [-0.15, -0.1) is 11.3 Å². The lowest BCUT2D eigenvalue weighted by molar-refractivity contribution is 0.0697. The SMILES string of the molecule is CCc1nc(Nc2nc(C)ncc2C(=O)O)sc1C. The highest BCUT2D eigenvalue weighted by molar-refractivity contribution is 7.15. The summed E-state index contributed by atoms with van der Waals surface area (Å²) in [5, 5.41) is 12.7. The number of rotatable bonds is 4. The van der Waals surface area contributed by atoms with Gasteiger partial charge in [0.1, 0.15) is 11.4 Å². The predicted octanol–water partition coefficient (Wildman–Crippen LogP) is 2.55. The molecule has 0 bridgehead atoms. The first kappa shape index (κ1) is 13.4. The van der Waals surface area contributed by atoms with Crippen LogP contribution in [0.15, 0.2) is 6.20 Å². The smallest absolute Gasteiger partial charge is 0.341 e. The molecule has 0 saturated heterocycles. The third-order valence-corrected chi connectivity index (χ3v) is 3.52. The highest BCUT2D eigenvalue weighted by atomic mass is 32.1. The van der Waals surface area contributed by atoms with E-state index in [-0.39, 0.29) is 11.4 Å². The van der Waals surface area contributed by atoms with Crippen molar-refractivity contribution >= 4 is 28.3 Å². The molecule has 2 rings (SSSR count). The number of nitrogens with zero attached hydrogens (tertiary/aromatic N) is 3. The van der Waals surface area contributed by atoms with Crippen LogP contribution in [0, 0.1) is 13.8 Å². The van der Waals surface area contributed by atoms with Crippen LogP contribution in [0.25, 0.3) is 0 Å². The van der Waals surface area contributed by atoms with Gasteiger partial charge in [-0.05, 0) is 20.3 Å². The molecule has 0 atom stereocenters. The van der Waals surface area contributed by atoms with Crippen molar-refractivity contribution in [2.45, 2.75) is 27.2 Å². The molecule has 0 aliphatic heterocycles. The number of carboxylic acids is 1. The molecule has 0 aliphatic rings. The number of aryl methyl sites for hydroxylation is 3. The molecule has 2 aromatic rings.